The molecule has 1 saturated heterocycles. The maximum atomic E-state index is 5.34. The molecule has 0 amide bonds. The zero-order chi connectivity index (χ0) is 9.80. The van der Waals surface area contributed by atoms with Crippen molar-refractivity contribution in [1.82, 2.24) is 14.5 Å². The number of anilines is 1. The molecule has 2 heterocycles. The number of hydrogen-bond donors (Lipinski definition) is 2. The minimum Gasteiger partial charge on any atom is -0.379 e. The summed E-state index contributed by atoms with van der Waals surface area (Å²) < 4.78 is 9.11. The van der Waals surface area contributed by atoms with Crippen molar-refractivity contribution < 1.29 is 4.74 Å². The minimum atomic E-state index is 0.791. The third-order valence-corrected chi connectivity index (χ3v) is 2.86. The molecule has 0 saturated carbocycles. The summed E-state index contributed by atoms with van der Waals surface area (Å²) in [5.41, 5.74) is 3.52. The summed E-state index contributed by atoms with van der Waals surface area (Å²) in [6, 6.07) is 0. The fourth-order valence-corrected chi connectivity index (χ4v) is 1.88. The number of nitrogens with one attached hydrogen (secondary N) is 1. The summed E-state index contributed by atoms with van der Waals surface area (Å²) in [6.07, 6.45) is 0. The van der Waals surface area contributed by atoms with E-state index in [1.54, 1.807) is 0 Å². The van der Waals surface area contributed by atoms with Crippen molar-refractivity contribution in [2.45, 2.75) is 6.54 Å². The molecule has 0 aromatic carbocycles. The third-order valence-electron chi connectivity index (χ3n) is 2.16. The zero-order valence-electron chi connectivity index (χ0n) is 7.77. The van der Waals surface area contributed by atoms with Gasteiger partial charge in [0.05, 0.1) is 13.2 Å². The SMILES string of the molecule is NNc1snnc1CN1CCOCC1. The molecule has 1 aromatic heterocycles. The van der Waals surface area contributed by atoms with Gasteiger partial charge in [-0.25, -0.2) is 5.84 Å². The predicted molar refractivity (Wildman–Crippen MR) is 53.8 cm³/mol. The largest absolute Gasteiger partial charge is 0.379 e. The van der Waals surface area contributed by atoms with E-state index in [0.29, 0.717) is 0 Å². The number of hydrazine groups is 1. The number of nitrogens with two attached hydrogens (primary N) is 1. The van der Waals surface area contributed by atoms with Gasteiger partial charge in [0.2, 0.25) is 0 Å². The molecule has 0 atom stereocenters. The molecular weight excluding hydrogens is 202 g/mol. The van der Waals surface area contributed by atoms with E-state index in [-0.39, 0.29) is 0 Å². The topological polar surface area (TPSA) is 76.3 Å². The molecule has 0 bridgehead atoms. The van der Waals surface area contributed by atoms with Crippen LogP contribution < -0.4 is 11.3 Å². The van der Waals surface area contributed by atoms with E-state index in [9.17, 15) is 0 Å². The minimum absolute atomic E-state index is 0.791. The fourth-order valence-electron chi connectivity index (χ4n) is 1.39. The van der Waals surface area contributed by atoms with Gasteiger partial charge in [0.1, 0.15) is 10.7 Å². The van der Waals surface area contributed by atoms with Crippen LogP contribution >= 0.6 is 11.5 Å². The maximum absolute atomic E-state index is 5.34. The number of morpholine rings is 1. The lowest BCUT2D eigenvalue weighted by Crippen LogP contribution is -2.36. The highest BCUT2D eigenvalue weighted by Crippen LogP contribution is 2.17. The van der Waals surface area contributed by atoms with Crippen molar-refractivity contribution >= 4 is 16.5 Å². The lowest BCUT2D eigenvalue weighted by Gasteiger charge is -2.25. The van der Waals surface area contributed by atoms with Crippen LogP contribution in [0.15, 0.2) is 0 Å². The van der Waals surface area contributed by atoms with Gasteiger partial charge in [-0.2, -0.15) is 0 Å². The average molecular weight is 215 g/mol. The van der Waals surface area contributed by atoms with E-state index < -0.39 is 0 Å². The molecule has 0 radical (unpaired) electrons. The van der Waals surface area contributed by atoms with Gasteiger partial charge in [-0.3, -0.25) is 4.90 Å². The molecule has 0 spiro atoms. The summed E-state index contributed by atoms with van der Waals surface area (Å²) in [5, 5.41) is 4.87. The Hall–Kier alpha value is -0.760. The van der Waals surface area contributed by atoms with Crippen molar-refractivity contribution in [2.75, 3.05) is 31.7 Å². The Morgan fingerprint density at radius 1 is 1.50 bits per heavy atom. The van der Waals surface area contributed by atoms with E-state index >= 15 is 0 Å². The molecule has 1 aromatic rings. The van der Waals surface area contributed by atoms with Crippen molar-refractivity contribution in [2.24, 2.45) is 5.84 Å². The Labute approximate surface area is 86.2 Å². The summed E-state index contributed by atoms with van der Waals surface area (Å²) in [4.78, 5) is 2.28. The predicted octanol–water partition coefficient (Wildman–Crippen LogP) is -0.344. The Balaban J connectivity index is 1.95. The number of rotatable bonds is 3. The molecule has 2 rings (SSSR count). The third kappa shape index (κ3) is 2.18. The van der Waals surface area contributed by atoms with Crippen LogP contribution in [-0.2, 0) is 11.3 Å². The first-order valence-corrected chi connectivity index (χ1v) is 5.25. The Kier molecular flexibility index (Phi) is 3.25. The van der Waals surface area contributed by atoms with Crippen LogP contribution in [0, 0.1) is 0 Å². The first kappa shape index (κ1) is 9.78. The second kappa shape index (κ2) is 4.65. The second-order valence-electron chi connectivity index (χ2n) is 3.08. The van der Waals surface area contributed by atoms with Gasteiger partial charge < -0.3 is 10.2 Å². The number of nitrogen functional groups attached to an aromatic ring is 1. The maximum Gasteiger partial charge on any atom is 0.148 e. The molecule has 14 heavy (non-hydrogen) atoms. The molecule has 1 aliphatic rings. The van der Waals surface area contributed by atoms with E-state index in [0.717, 1.165) is 43.5 Å². The monoisotopic (exact) mass is 215 g/mol. The lowest BCUT2D eigenvalue weighted by atomic mass is 10.3. The van der Waals surface area contributed by atoms with Gasteiger partial charge in [-0.1, -0.05) is 4.49 Å². The highest BCUT2D eigenvalue weighted by Gasteiger charge is 2.14. The quantitative estimate of drug-likeness (QED) is 0.530. The van der Waals surface area contributed by atoms with Crippen molar-refractivity contribution in [1.29, 1.82) is 0 Å². The molecular formula is C7H13N5OS. The van der Waals surface area contributed by atoms with E-state index in [4.69, 9.17) is 10.6 Å². The van der Waals surface area contributed by atoms with Gasteiger partial charge in [-0.15, -0.1) is 5.10 Å². The molecule has 78 valence electrons. The van der Waals surface area contributed by atoms with Crippen LogP contribution in [0.2, 0.25) is 0 Å². The normalized spacial score (nSPS) is 18.4. The van der Waals surface area contributed by atoms with E-state index in [1.807, 2.05) is 0 Å². The summed E-state index contributed by atoms with van der Waals surface area (Å²) in [6.45, 7) is 4.27. The van der Waals surface area contributed by atoms with Crippen molar-refractivity contribution in [3.8, 4) is 0 Å². The Morgan fingerprint density at radius 2 is 2.29 bits per heavy atom. The summed E-state index contributed by atoms with van der Waals surface area (Å²) in [5.74, 6) is 5.34. The van der Waals surface area contributed by atoms with Gasteiger partial charge in [-0.05, 0) is 0 Å². The summed E-state index contributed by atoms with van der Waals surface area (Å²) in [7, 11) is 0. The van der Waals surface area contributed by atoms with Crippen LogP contribution in [0.4, 0.5) is 5.00 Å². The standard InChI is InChI=1S/C7H13N5OS/c8-9-7-6(10-11-14-7)5-12-1-3-13-4-2-12/h9H,1-5,8H2. The summed E-state index contributed by atoms with van der Waals surface area (Å²) >= 11 is 1.28. The van der Waals surface area contributed by atoms with E-state index in [2.05, 4.69) is 19.9 Å². The van der Waals surface area contributed by atoms with Crippen LogP contribution in [0.1, 0.15) is 5.69 Å². The molecule has 0 aliphatic carbocycles. The van der Waals surface area contributed by atoms with Gasteiger partial charge >= 0.3 is 0 Å². The molecule has 3 N–H and O–H groups in total. The van der Waals surface area contributed by atoms with Crippen molar-refractivity contribution in [3.05, 3.63) is 5.69 Å². The number of hydrogen-bond acceptors (Lipinski definition) is 7. The Bertz CT molecular complexity index is 285. The van der Waals surface area contributed by atoms with Gasteiger partial charge in [0.15, 0.2) is 0 Å². The van der Waals surface area contributed by atoms with Gasteiger partial charge in [0.25, 0.3) is 0 Å². The lowest BCUT2D eigenvalue weighted by molar-refractivity contribution is 0.0337. The van der Waals surface area contributed by atoms with Crippen LogP contribution in [0.3, 0.4) is 0 Å². The molecule has 7 heteroatoms. The average Bonchev–Trinajstić information content (AvgIpc) is 2.67. The Morgan fingerprint density at radius 3 is 3.00 bits per heavy atom. The molecule has 6 nitrogen and oxygen atoms in total. The van der Waals surface area contributed by atoms with Crippen LogP contribution in [0.25, 0.3) is 0 Å². The fraction of sp³-hybridized carbons (Fsp3) is 0.714. The number of nitrogens with zero attached hydrogens (tertiary/aromatic N) is 3. The smallest absolute Gasteiger partial charge is 0.148 e. The van der Waals surface area contributed by atoms with Crippen LogP contribution in [-0.4, -0.2) is 40.8 Å². The highest BCUT2D eigenvalue weighted by atomic mass is 32.1. The second-order valence-corrected chi connectivity index (χ2v) is 3.84. The first-order chi connectivity index (χ1) is 6.90. The molecule has 1 fully saturated rings. The zero-order valence-corrected chi connectivity index (χ0v) is 8.59. The molecule has 0 unspecified atom stereocenters. The first-order valence-electron chi connectivity index (χ1n) is 4.48. The van der Waals surface area contributed by atoms with Gasteiger partial charge in [0, 0.05) is 31.2 Å². The van der Waals surface area contributed by atoms with E-state index in [1.165, 1.54) is 11.5 Å². The number of aromatic nitrogens is 2. The molecule has 1 aliphatic heterocycles. The van der Waals surface area contributed by atoms with Crippen molar-refractivity contribution in [3.63, 3.8) is 0 Å². The van der Waals surface area contributed by atoms with Crippen LogP contribution in [0.5, 0.6) is 0 Å². The number of ether oxygens (including phenoxy) is 1. The highest BCUT2D eigenvalue weighted by molar-refractivity contribution is 7.10.